The Balaban J connectivity index is 1.59. The Labute approximate surface area is 154 Å². The van der Waals surface area contributed by atoms with E-state index < -0.39 is 0 Å². The van der Waals surface area contributed by atoms with E-state index >= 15 is 0 Å². The average molecular weight is 357 g/mol. The van der Waals surface area contributed by atoms with E-state index in [1.807, 2.05) is 30.3 Å². The van der Waals surface area contributed by atoms with Gasteiger partial charge in [-0.1, -0.05) is 49.6 Å². The summed E-state index contributed by atoms with van der Waals surface area (Å²) in [5, 5.41) is 20.4. The number of aromatic nitrogens is 3. The Bertz CT molecular complexity index is 682. The summed E-state index contributed by atoms with van der Waals surface area (Å²) >= 11 is 0. The molecular weight excluding hydrogens is 330 g/mol. The van der Waals surface area contributed by atoms with E-state index in [-0.39, 0.29) is 19.2 Å². The van der Waals surface area contributed by atoms with E-state index in [1.54, 1.807) is 11.2 Å². The van der Waals surface area contributed by atoms with Crippen LogP contribution in [0.5, 0.6) is 0 Å². The molecule has 1 heterocycles. The third-order valence-electron chi connectivity index (χ3n) is 4.89. The molecule has 1 saturated carbocycles. The minimum absolute atomic E-state index is 0.0709. The predicted octanol–water partition coefficient (Wildman–Crippen LogP) is 2.49. The number of benzene rings is 1. The van der Waals surface area contributed by atoms with Crippen LogP contribution in [-0.2, 0) is 13.1 Å². The molecular formula is C19H27N5O2. The second-order valence-corrected chi connectivity index (χ2v) is 6.74. The van der Waals surface area contributed by atoms with Gasteiger partial charge >= 0.3 is 6.03 Å². The number of nitrogens with one attached hydrogen (secondary N) is 1. The Hall–Kier alpha value is -2.41. The first-order valence-electron chi connectivity index (χ1n) is 9.34. The maximum Gasteiger partial charge on any atom is 0.318 e. The number of aliphatic hydroxyl groups excluding tert-OH is 1. The van der Waals surface area contributed by atoms with Gasteiger partial charge in [0, 0.05) is 19.1 Å². The van der Waals surface area contributed by atoms with Crippen molar-refractivity contribution in [2.24, 2.45) is 0 Å². The fraction of sp³-hybridized carbons (Fsp3) is 0.526. The van der Waals surface area contributed by atoms with Gasteiger partial charge in [0.15, 0.2) is 5.82 Å². The fourth-order valence-corrected chi connectivity index (χ4v) is 3.50. The molecule has 1 aromatic carbocycles. The van der Waals surface area contributed by atoms with Gasteiger partial charge in [0.2, 0.25) is 0 Å². The Kier molecular flexibility index (Phi) is 6.60. The van der Waals surface area contributed by atoms with Crippen molar-refractivity contribution in [1.29, 1.82) is 0 Å². The second-order valence-electron chi connectivity index (χ2n) is 6.74. The molecule has 1 aromatic heterocycles. The van der Waals surface area contributed by atoms with Crippen molar-refractivity contribution in [3.8, 4) is 0 Å². The topological polar surface area (TPSA) is 83.3 Å². The minimum Gasteiger partial charge on any atom is -0.395 e. The zero-order chi connectivity index (χ0) is 18.2. The number of carbonyl (C=O) groups excluding carboxylic acids is 1. The highest BCUT2D eigenvalue weighted by Gasteiger charge is 2.19. The molecule has 2 amide bonds. The lowest BCUT2D eigenvalue weighted by molar-refractivity contribution is 0.173. The molecule has 0 spiro atoms. The van der Waals surface area contributed by atoms with E-state index in [9.17, 15) is 9.90 Å². The molecule has 2 N–H and O–H groups in total. The molecule has 140 valence electrons. The molecule has 0 radical (unpaired) electrons. The van der Waals surface area contributed by atoms with Crippen molar-refractivity contribution in [3.63, 3.8) is 0 Å². The smallest absolute Gasteiger partial charge is 0.318 e. The van der Waals surface area contributed by atoms with Gasteiger partial charge in [-0.25, -0.2) is 4.79 Å². The molecule has 1 aliphatic rings. The maximum absolute atomic E-state index is 12.6. The molecule has 0 bridgehead atoms. The van der Waals surface area contributed by atoms with Crippen LogP contribution in [-0.4, -0.2) is 44.0 Å². The SMILES string of the molecule is O=C(NCc1nncn1C1CCCCC1)N(CCO)Cc1ccccc1. The van der Waals surface area contributed by atoms with Crippen molar-refractivity contribution in [2.45, 2.75) is 51.2 Å². The van der Waals surface area contributed by atoms with Crippen molar-refractivity contribution >= 4 is 6.03 Å². The molecule has 1 fully saturated rings. The van der Waals surface area contributed by atoms with E-state index in [1.165, 1.54) is 19.3 Å². The van der Waals surface area contributed by atoms with Gasteiger partial charge in [-0.3, -0.25) is 0 Å². The zero-order valence-corrected chi connectivity index (χ0v) is 15.0. The molecule has 7 nitrogen and oxygen atoms in total. The van der Waals surface area contributed by atoms with Crippen LogP contribution in [0.2, 0.25) is 0 Å². The van der Waals surface area contributed by atoms with Gasteiger partial charge < -0.3 is 19.9 Å². The first-order chi connectivity index (χ1) is 12.8. The number of hydrogen-bond acceptors (Lipinski definition) is 4. The third kappa shape index (κ3) is 4.82. The molecule has 0 atom stereocenters. The number of carbonyl (C=O) groups is 1. The first-order valence-corrected chi connectivity index (χ1v) is 9.34. The summed E-state index contributed by atoms with van der Waals surface area (Å²) in [6.45, 7) is 1.02. The summed E-state index contributed by atoms with van der Waals surface area (Å²) in [5.74, 6) is 0.786. The van der Waals surface area contributed by atoms with Gasteiger partial charge in [0.05, 0.1) is 13.2 Å². The monoisotopic (exact) mass is 357 g/mol. The summed E-state index contributed by atoms with van der Waals surface area (Å²) in [4.78, 5) is 14.2. The van der Waals surface area contributed by atoms with Crippen molar-refractivity contribution in [3.05, 3.63) is 48.0 Å². The second kappa shape index (κ2) is 9.33. The molecule has 0 unspecified atom stereocenters. The Morgan fingerprint density at radius 3 is 2.73 bits per heavy atom. The number of hydrogen-bond donors (Lipinski definition) is 2. The van der Waals surface area contributed by atoms with Crippen LogP contribution in [0.4, 0.5) is 4.79 Å². The third-order valence-corrected chi connectivity index (χ3v) is 4.89. The summed E-state index contributed by atoms with van der Waals surface area (Å²) in [6.07, 6.45) is 7.81. The molecule has 7 heteroatoms. The highest BCUT2D eigenvalue weighted by molar-refractivity contribution is 5.74. The van der Waals surface area contributed by atoms with Crippen molar-refractivity contribution in [2.75, 3.05) is 13.2 Å². The van der Waals surface area contributed by atoms with Crippen LogP contribution in [0.3, 0.4) is 0 Å². The van der Waals surface area contributed by atoms with Gasteiger partial charge in [-0.05, 0) is 18.4 Å². The molecule has 0 aliphatic heterocycles. The van der Waals surface area contributed by atoms with Gasteiger partial charge in [-0.15, -0.1) is 10.2 Å². The molecule has 26 heavy (non-hydrogen) atoms. The summed E-state index contributed by atoms with van der Waals surface area (Å²) in [6, 6.07) is 9.99. The number of urea groups is 1. The van der Waals surface area contributed by atoms with E-state index in [2.05, 4.69) is 20.1 Å². The number of aliphatic hydroxyl groups is 1. The average Bonchev–Trinajstić information content (AvgIpc) is 3.16. The lowest BCUT2D eigenvalue weighted by atomic mass is 9.95. The lowest BCUT2D eigenvalue weighted by Crippen LogP contribution is -2.41. The van der Waals surface area contributed by atoms with Crippen LogP contribution in [0, 0.1) is 0 Å². The Morgan fingerprint density at radius 2 is 2.00 bits per heavy atom. The van der Waals surface area contributed by atoms with E-state index in [0.29, 0.717) is 19.1 Å². The van der Waals surface area contributed by atoms with E-state index in [4.69, 9.17) is 0 Å². The van der Waals surface area contributed by atoms with Gasteiger partial charge in [-0.2, -0.15) is 0 Å². The first kappa shape index (κ1) is 18.4. The maximum atomic E-state index is 12.6. The molecule has 3 rings (SSSR count). The number of rotatable bonds is 7. The van der Waals surface area contributed by atoms with Crippen molar-refractivity contribution in [1.82, 2.24) is 25.0 Å². The highest BCUT2D eigenvalue weighted by atomic mass is 16.3. The quantitative estimate of drug-likeness (QED) is 0.797. The highest BCUT2D eigenvalue weighted by Crippen LogP contribution is 2.28. The fourth-order valence-electron chi connectivity index (χ4n) is 3.50. The molecule has 2 aromatic rings. The summed E-state index contributed by atoms with van der Waals surface area (Å²) in [5.41, 5.74) is 1.03. The summed E-state index contributed by atoms with van der Waals surface area (Å²) < 4.78 is 2.10. The van der Waals surface area contributed by atoms with Crippen LogP contribution >= 0.6 is 0 Å². The van der Waals surface area contributed by atoms with Crippen molar-refractivity contribution < 1.29 is 9.90 Å². The van der Waals surface area contributed by atoms with Crippen LogP contribution < -0.4 is 5.32 Å². The van der Waals surface area contributed by atoms with Gasteiger partial charge in [0.25, 0.3) is 0 Å². The largest absolute Gasteiger partial charge is 0.395 e. The molecule has 0 saturated heterocycles. The molecule has 1 aliphatic carbocycles. The van der Waals surface area contributed by atoms with Crippen LogP contribution in [0.15, 0.2) is 36.7 Å². The Morgan fingerprint density at radius 1 is 1.23 bits per heavy atom. The number of amides is 2. The van der Waals surface area contributed by atoms with Gasteiger partial charge in [0.1, 0.15) is 6.33 Å². The van der Waals surface area contributed by atoms with Crippen LogP contribution in [0.1, 0.15) is 49.5 Å². The normalized spacial score (nSPS) is 15.0. The van der Waals surface area contributed by atoms with Crippen LogP contribution in [0.25, 0.3) is 0 Å². The minimum atomic E-state index is -0.207. The standard InChI is InChI=1S/C19H27N5O2/c25-12-11-23(14-16-7-3-1-4-8-16)19(26)20-13-18-22-21-15-24(18)17-9-5-2-6-10-17/h1,3-4,7-8,15,17,25H,2,5-6,9-14H2,(H,20,26). The predicted molar refractivity (Wildman–Crippen MR) is 98.3 cm³/mol. The lowest BCUT2D eigenvalue weighted by Gasteiger charge is -2.25. The van der Waals surface area contributed by atoms with E-state index in [0.717, 1.165) is 24.2 Å². The number of nitrogens with zero attached hydrogens (tertiary/aromatic N) is 4. The zero-order valence-electron chi connectivity index (χ0n) is 15.0. The summed E-state index contributed by atoms with van der Waals surface area (Å²) in [7, 11) is 0.